The minimum atomic E-state index is -0.537. The van der Waals surface area contributed by atoms with Crippen molar-refractivity contribution in [2.45, 2.75) is 32.8 Å². The summed E-state index contributed by atoms with van der Waals surface area (Å²) in [6, 6.07) is 11.4. The average molecular weight is 336 g/mol. The fraction of sp³-hybridized carbons (Fsp3) is 0.389. The van der Waals surface area contributed by atoms with Gasteiger partial charge in [-0.1, -0.05) is 24.3 Å². The largest absolute Gasteiger partial charge is 0.493 e. The minimum absolute atomic E-state index is 0.474. The number of ether oxygens (including phenoxy) is 2. The lowest BCUT2D eigenvalue weighted by Gasteiger charge is -2.20. The molecule has 0 radical (unpaired) electrons. The molecule has 2 aromatic rings. The predicted octanol–water partition coefficient (Wildman–Crippen LogP) is 5.19. The van der Waals surface area contributed by atoms with Gasteiger partial charge in [-0.05, 0) is 39.3 Å². The number of amides is 1. The van der Waals surface area contributed by atoms with Crippen LogP contribution in [0.4, 0.5) is 10.5 Å². The van der Waals surface area contributed by atoms with Crippen molar-refractivity contribution in [1.29, 1.82) is 0 Å². The van der Waals surface area contributed by atoms with Gasteiger partial charge in [0, 0.05) is 16.7 Å². The van der Waals surface area contributed by atoms with Crippen molar-refractivity contribution in [1.82, 2.24) is 0 Å². The van der Waals surface area contributed by atoms with Crippen molar-refractivity contribution in [3.63, 3.8) is 0 Å². The first-order valence-corrected chi connectivity index (χ1v) is 8.14. The average Bonchev–Trinajstić information content (AvgIpc) is 2.47. The molecule has 124 valence electrons. The molecule has 0 aliphatic heterocycles. The second-order valence-electron chi connectivity index (χ2n) is 6.17. The Kier molecular flexibility index (Phi) is 5.72. The van der Waals surface area contributed by atoms with Gasteiger partial charge < -0.3 is 9.47 Å². The van der Waals surface area contributed by atoms with Crippen molar-refractivity contribution in [3.8, 4) is 5.75 Å². The fourth-order valence-electron chi connectivity index (χ4n) is 2.16. The Morgan fingerprint density at radius 1 is 1.13 bits per heavy atom. The molecule has 0 unspecified atom stereocenters. The van der Waals surface area contributed by atoms with Crippen LogP contribution < -0.4 is 10.1 Å². The first-order valence-electron chi connectivity index (χ1n) is 7.61. The van der Waals surface area contributed by atoms with Gasteiger partial charge in [0.1, 0.15) is 11.4 Å². The summed E-state index contributed by atoms with van der Waals surface area (Å²) in [6.45, 7) is 6.06. The predicted molar refractivity (Wildman–Crippen MR) is 94.6 cm³/mol. The molecule has 0 heterocycles. The third-order valence-corrected chi connectivity index (χ3v) is 3.32. The summed E-state index contributed by atoms with van der Waals surface area (Å²) in [5, 5.41) is 4.64. The molecule has 1 N–H and O–H groups in total. The number of halogens is 1. The van der Waals surface area contributed by atoms with E-state index < -0.39 is 11.7 Å². The van der Waals surface area contributed by atoms with Crippen molar-refractivity contribution in [3.05, 3.63) is 36.4 Å². The van der Waals surface area contributed by atoms with E-state index in [1.807, 2.05) is 57.2 Å². The molecule has 23 heavy (non-hydrogen) atoms. The summed E-state index contributed by atoms with van der Waals surface area (Å²) in [5.74, 6) is 1.34. The van der Waals surface area contributed by atoms with Crippen LogP contribution in [0, 0.1) is 0 Å². The van der Waals surface area contributed by atoms with Gasteiger partial charge in [0.25, 0.3) is 0 Å². The molecule has 2 rings (SSSR count). The van der Waals surface area contributed by atoms with E-state index in [2.05, 4.69) is 5.32 Å². The molecule has 0 saturated carbocycles. The standard InChI is InChI=1S/C18H22ClNO3/c1-18(2,3)23-17(21)20-15-9-10-16(22-12-6-11-19)14-8-5-4-7-13(14)15/h4-5,7-10H,6,11-12H2,1-3H3,(H,20,21). The Morgan fingerprint density at radius 2 is 1.83 bits per heavy atom. The first kappa shape index (κ1) is 17.4. The van der Waals surface area contributed by atoms with Gasteiger partial charge in [0.2, 0.25) is 0 Å². The molecule has 0 saturated heterocycles. The number of hydrogen-bond donors (Lipinski definition) is 1. The number of carbonyl (C=O) groups excluding carboxylic acids is 1. The van der Waals surface area contributed by atoms with Gasteiger partial charge in [-0.3, -0.25) is 5.32 Å². The Bertz CT molecular complexity index is 680. The molecule has 0 aliphatic rings. The van der Waals surface area contributed by atoms with Gasteiger partial charge in [-0.15, -0.1) is 11.6 Å². The van der Waals surface area contributed by atoms with E-state index in [1.165, 1.54) is 0 Å². The van der Waals surface area contributed by atoms with Crippen molar-refractivity contribution < 1.29 is 14.3 Å². The maximum atomic E-state index is 12.0. The molecule has 1 amide bonds. The third kappa shape index (κ3) is 5.03. The van der Waals surface area contributed by atoms with Crippen LogP contribution in [-0.4, -0.2) is 24.2 Å². The van der Waals surface area contributed by atoms with Gasteiger partial charge in [-0.25, -0.2) is 4.79 Å². The van der Waals surface area contributed by atoms with E-state index in [0.29, 0.717) is 18.2 Å². The highest BCUT2D eigenvalue weighted by Gasteiger charge is 2.17. The summed E-state index contributed by atoms with van der Waals surface area (Å²) >= 11 is 5.68. The van der Waals surface area contributed by atoms with E-state index in [1.54, 1.807) is 0 Å². The van der Waals surface area contributed by atoms with Crippen LogP contribution in [-0.2, 0) is 4.74 Å². The van der Waals surface area contributed by atoms with Crippen LogP contribution >= 0.6 is 11.6 Å². The molecule has 0 aromatic heterocycles. The normalized spacial score (nSPS) is 11.3. The number of nitrogens with one attached hydrogen (secondary N) is 1. The maximum absolute atomic E-state index is 12.0. The summed E-state index contributed by atoms with van der Waals surface area (Å²) in [4.78, 5) is 12.0. The summed E-state index contributed by atoms with van der Waals surface area (Å²) in [6.07, 6.45) is 0.312. The Balaban J connectivity index is 2.25. The molecule has 2 aromatic carbocycles. The lowest BCUT2D eigenvalue weighted by Crippen LogP contribution is -2.27. The maximum Gasteiger partial charge on any atom is 0.412 e. The summed E-state index contributed by atoms with van der Waals surface area (Å²) < 4.78 is 11.1. The van der Waals surface area contributed by atoms with Crippen LogP contribution in [0.5, 0.6) is 5.75 Å². The fourth-order valence-corrected chi connectivity index (χ4v) is 2.27. The Morgan fingerprint density at radius 3 is 2.48 bits per heavy atom. The number of alkyl halides is 1. The molecule has 0 aliphatic carbocycles. The molecular weight excluding hydrogens is 314 g/mol. The summed E-state index contributed by atoms with van der Waals surface area (Å²) in [5.41, 5.74) is 0.157. The minimum Gasteiger partial charge on any atom is -0.493 e. The van der Waals surface area contributed by atoms with E-state index in [9.17, 15) is 4.79 Å². The lowest BCUT2D eigenvalue weighted by atomic mass is 10.1. The highest BCUT2D eigenvalue weighted by Crippen LogP contribution is 2.32. The summed E-state index contributed by atoms with van der Waals surface area (Å²) in [7, 11) is 0. The van der Waals surface area contributed by atoms with Crippen molar-refractivity contribution in [2.24, 2.45) is 0 Å². The van der Waals surface area contributed by atoms with Crippen LogP contribution in [0.15, 0.2) is 36.4 Å². The quantitative estimate of drug-likeness (QED) is 0.604. The molecular formula is C18H22ClNO3. The second-order valence-corrected chi connectivity index (χ2v) is 6.55. The highest BCUT2D eigenvalue weighted by molar-refractivity contribution is 6.17. The first-order chi connectivity index (χ1) is 10.9. The zero-order valence-corrected chi connectivity index (χ0v) is 14.4. The van der Waals surface area contributed by atoms with Gasteiger partial charge >= 0.3 is 6.09 Å². The zero-order chi connectivity index (χ0) is 16.9. The van der Waals surface area contributed by atoms with Crippen molar-refractivity contribution >= 4 is 34.2 Å². The topological polar surface area (TPSA) is 47.6 Å². The van der Waals surface area contributed by atoms with E-state index in [4.69, 9.17) is 21.1 Å². The van der Waals surface area contributed by atoms with E-state index in [-0.39, 0.29) is 0 Å². The zero-order valence-electron chi connectivity index (χ0n) is 13.7. The number of carbonyl (C=O) groups is 1. The molecule has 0 atom stereocenters. The number of benzene rings is 2. The van der Waals surface area contributed by atoms with Crippen LogP contribution in [0.1, 0.15) is 27.2 Å². The Hall–Kier alpha value is -1.94. The molecule has 0 bridgehead atoms. The number of fused-ring (bicyclic) bond motifs is 1. The van der Waals surface area contributed by atoms with E-state index >= 15 is 0 Å². The molecule has 4 nitrogen and oxygen atoms in total. The smallest absolute Gasteiger partial charge is 0.412 e. The number of anilines is 1. The molecule has 5 heteroatoms. The van der Waals surface area contributed by atoms with Gasteiger partial charge in [0.05, 0.1) is 12.3 Å². The molecule has 0 fully saturated rings. The van der Waals surface area contributed by atoms with Crippen molar-refractivity contribution in [2.75, 3.05) is 17.8 Å². The van der Waals surface area contributed by atoms with E-state index in [0.717, 1.165) is 22.9 Å². The highest BCUT2D eigenvalue weighted by atomic mass is 35.5. The number of hydrogen-bond acceptors (Lipinski definition) is 3. The SMILES string of the molecule is CC(C)(C)OC(=O)Nc1ccc(OCCCCl)c2ccccc12. The second kappa shape index (κ2) is 7.55. The van der Waals surface area contributed by atoms with Gasteiger partial charge in [0.15, 0.2) is 0 Å². The Labute approximate surface area is 141 Å². The number of rotatable bonds is 5. The van der Waals surface area contributed by atoms with Gasteiger partial charge in [-0.2, -0.15) is 0 Å². The van der Waals surface area contributed by atoms with Crippen LogP contribution in [0.3, 0.4) is 0 Å². The third-order valence-electron chi connectivity index (χ3n) is 3.06. The van der Waals surface area contributed by atoms with Crippen LogP contribution in [0.2, 0.25) is 0 Å². The monoisotopic (exact) mass is 335 g/mol. The molecule has 0 spiro atoms. The lowest BCUT2D eigenvalue weighted by molar-refractivity contribution is 0.0636. The van der Waals surface area contributed by atoms with Crippen LogP contribution in [0.25, 0.3) is 10.8 Å².